The molecule has 0 spiro atoms. The van der Waals surface area contributed by atoms with Crippen LogP contribution in [0.3, 0.4) is 0 Å². The van der Waals surface area contributed by atoms with Crippen molar-refractivity contribution in [3.05, 3.63) is 59.4 Å². The van der Waals surface area contributed by atoms with E-state index in [0.717, 1.165) is 18.4 Å². The monoisotopic (exact) mass is 343 g/mol. The highest BCUT2D eigenvalue weighted by molar-refractivity contribution is 6.31. The highest BCUT2D eigenvalue weighted by Gasteiger charge is 2.49. The molecular weight excluding hydrogens is 326 g/mol. The number of pyridine rings is 1. The maximum Gasteiger partial charge on any atom is 0.243 e. The van der Waals surface area contributed by atoms with Gasteiger partial charge in [-0.1, -0.05) is 29.8 Å². The summed E-state index contributed by atoms with van der Waals surface area (Å²) in [7, 11) is 0. The first-order chi connectivity index (χ1) is 11.6. The van der Waals surface area contributed by atoms with Gasteiger partial charge in [0.25, 0.3) is 0 Å². The summed E-state index contributed by atoms with van der Waals surface area (Å²) in [6, 6.07) is 11.0. The van der Waals surface area contributed by atoms with Crippen LogP contribution in [0, 0.1) is 5.41 Å². The first kappa shape index (κ1) is 16.5. The molecule has 2 amide bonds. The van der Waals surface area contributed by atoms with E-state index in [1.54, 1.807) is 24.5 Å². The second-order valence-electron chi connectivity index (χ2n) is 6.02. The Kier molecular flexibility index (Phi) is 4.81. The molecule has 1 aliphatic carbocycles. The zero-order valence-electron chi connectivity index (χ0n) is 13.1. The first-order valence-electron chi connectivity index (χ1n) is 7.81. The van der Waals surface area contributed by atoms with Gasteiger partial charge >= 0.3 is 0 Å². The molecule has 24 heavy (non-hydrogen) atoms. The number of nitrogens with zero attached hydrogens (tertiary/aromatic N) is 1. The minimum Gasteiger partial charge on any atom is -0.347 e. The van der Waals surface area contributed by atoms with Gasteiger partial charge in [0.1, 0.15) is 0 Å². The molecule has 3 rings (SSSR count). The molecule has 0 bridgehead atoms. The van der Waals surface area contributed by atoms with Crippen LogP contribution in [0.2, 0.25) is 5.02 Å². The standard InChI is InChI=1S/C18H18ClN3O2/c19-15-6-2-1-4-13(15)10-18(7-8-18)17(24)21-12-16(23)22-14-5-3-9-20-11-14/h1-6,9,11H,7-8,10,12H2,(H,21,24)(H,22,23). The summed E-state index contributed by atoms with van der Waals surface area (Å²) in [4.78, 5) is 28.3. The summed E-state index contributed by atoms with van der Waals surface area (Å²) in [5.74, 6) is -0.367. The van der Waals surface area contributed by atoms with Gasteiger partial charge in [-0.15, -0.1) is 0 Å². The van der Waals surface area contributed by atoms with Crippen molar-refractivity contribution in [2.24, 2.45) is 5.41 Å². The molecule has 0 atom stereocenters. The number of halogens is 1. The number of nitrogens with one attached hydrogen (secondary N) is 2. The van der Waals surface area contributed by atoms with Gasteiger partial charge in [0.15, 0.2) is 0 Å². The molecule has 1 aromatic heterocycles. The Hall–Kier alpha value is -2.40. The fraction of sp³-hybridized carbons (Fsp3) is 0.278. The Morgan fingerprint density at radius 1 is 1.17 bits per heavy atom. The second kappa shape index (κ2) is 7.01. The van der Waals surface area contributed by atoms with Gasteiger partial charge in [-0.05, 0) is 43.0 Å². The number of aromatic nitrogens is 1. The lowest BCUT2D eigenvalue weighted by Gasteiger charge is -2.16. The topological polar surface area (TPSA) is 71.1 Å². The zero-order valence-corrected chi connectivity index (χ0v) is 13.8. The molecule has 1 aromatic carbocycles. The minimum atomic E-state index is -0.431. The summed E-state index contributed by atoms with van der Waals surface area (Å²) in [6.45, 7) is -0.0575. The van der Waals surface area contributed by atoms with Gasteiger partial charge < -0.3 is 10.6 Å². The molecule has 0 saturated heterocycles. The van der Waals surface area contributed by atoms with Crippen molar-refractivity contribution in [2.45, 2.75) is 19.3 Å². The number of carbonyl (C=O) groups excluding carboxylic acids is 2. The van der Waals surface area contributed by atoms with E-state index >= 15 is 0 Å². The van der Waals surface area contributed by atoms with Crippen LogP contribution in [0.15, 0.2) is 48.8 Å². The SMILES string of the molecule is O=C(CNC(=O)C1(Cc2ccccc2Cl)CC1)Nc1cccnc1. The van der Waals surface area contributed by atoms with Crippen LogP contribution in [0.4, 0.5) is 5.69 Å². The average Bonchev–Trinajstić information content (AvgIpc) is 3.37. The van der Waals surface area contributed by atoms with E-state index in [1.165, 1.54) is 0 Å². The van der Waals surface area contributed by atoms with Gasteiger partial charge in [0, 0.05) is 11.2 Å². The van der Waals surface area contributed by atoms with Gasteiger partial charge in [0.05, 0.1) is 23.8 Å². The number of benzene rings is 1. The molecule has 1 aliphatic rings. The number of anilines is 1. The highest BCUT2D eigenvalue weighted by Crippen LogP contribution is 2.49. The number of amides is 2. The van der Waals surface area contributed by atoms with Gasteiger partial charge in [0.2, 0.25) is 11.8 Å². The molecule has 5 nitrogen and oxygen atoms in total. The number of carbonyl (C=O) groups is 2. The highest BCUT2D eigenvalue weighted by atomic mass is 35.5. The third-order valence-corrected chi connectivity index (χ3v) is 4.55. The van der Waals surface area contributed by atoms with Crippen molar-refractivity contribution in [1.29, 1.82) is 0 Å². The summed E-state index contributed by atoms with van der Waals surface area (Å²) >= 11 is 6.18. The van der Waals surface area contributed by atoms with Crippen molar-refractivity contribution in [3.8, 4) is 0 Å². The Bertz CT molecular complexity index is 745. The summed E-state index contributed by atoms with van der Waals surface area (Å²) in [6.07, 6.45) is 5.41. The summed E-state index contributed by atoms with van der Waals surface area (Å²) in [5, 5.41) is 6.09. The Morgan fingerprint density at radius 3 is 2.62 bits per heavy atom. The summed E-state index contributed by atoms with van der Waals surface area (Å²) in [5.41, 5.74) is 1.14. The molecule has 0 radical (unpaired) electrons. The van der Waals surface area contributed by atoms with Crippen LogP contribution in [0.5, 0.6) is 0 Å². The van der Waals surface area contributed by atoms with Crippen LogP contribution in [0.25, 0.3) is 0 Å². The van der Waals surface area contributed by atoms with E-state index in [-0.39, 0.29) is 18.4 Å². The lowest BCUT2D eigenvalue weighted by Crippen LogP contribution is -2.38. The van der Waals surface area contributed by atoms with E-state index in [1.807, 2.05) is 24.3 Å². The molecule has 1 saturated carbocycles. The molecular formula is C18H18ClN3O2. The van der Waals surface area contributed by atoms with E-state index in [2.05, 4.69) is 15.6 Å². The van der Waals surface area contributed by atoms with E-state index < -0.39 is 5.41 Å². The quantitative estimate of drug-likeness (QED) is 0.847. The smallest absolute Gasteiger partial charge is 0.243 e. The predicted octanol–water partition coefficient (Wildman–Crippen LogP) is 2.81. The molecule has 0 unspecified atom stereocenters. The third kappa shape index (κ3) is 3.92. The fourth-order valence-corrected chi connectivity index (χ4v) is 2.83. The number of hydrogen-bond donors (Lipinski definition) is 2. The average molecular weight is 344 g/mol. The normalized spacial score (nSPS) is 14.7. The largest absolute Gasteiger partial charge is 0.347 e. The van der Waals surface area contributed by atoms with Crippen LogP contribution in [-0.2, 0) is 16.0 Å². The van der Waals surface area contributed by atoms with Gasteiger partial charge in [-0.2, -0.15) is 0 Å². The molecule has 124 valence electrons. The Balaban J connectivity index is 1.53. The minimum absolute atomic E-state index is 0.0575. The van der Waals surface area contributed by atoms with Crippen molar-refractivity contribution in [1.82, 2.24) is 10.3 Å². The molecule has 2 aromatic rings. The van der Waals surface area contributed by atoms with Crippen LogP contribution in [-0.4, -0.2) is 23.3 Å². The van der Waals surface area contributed by atoms with Gasteiger partial charge in [-0.3, -0.25) is 14.6 Å². The van der Waals surface area contributed by atoms with E-state index in [4.69, 9.17) is 11.6 Å². The lowest BCUT2D eigenvalue weighted by atomic mass is 9.95. The van der Waals surface area contributed by atoms with Crippen molar-refractivity contribution < 1.29 is 9.59 Å². The molecule has 1 fully saturated rings. The zero-order chi connectivity index (χ0) is 17.0. The maximum atomic E-state index is 12.5. The third-order valence-electron chi connectivity index (χ3n) is 4.18. The molecule has 6 heteroatoms. The Morgan fingerprint density at radius 2 is 1.96 bits per heavy atom. The molecule has 1 heterocycles. The van der Waals surface area contributed by atoms with E-state index in [0.29, 0.717) is 17.1 Å². The van der Waals surface area contributed by atoms with Crippen molar-refractivity contribution in [3.63, 3.8) is 0 Å². The van der Waals surface area contributed by atoms with Gasteiger partial charge in [-0.25, -0.2) is 0 Å². The Labute approximate surface area is 145 Å². The van der Waals surface area contributed by atoms with Crippen molar-refractivity contribution >= 4 is 29.1 Å². The second-order valence-corrected chi connectivity index (χ2v) is 6.43. The first-order valence-corrected chi connectivity index (χ1v) is 8.18. The molecule has 2 N–H and O–H groups in total. The number of rotatable bonds is 6. The van der Waals surface area contributed by atoms with Crippen LogP contribution >= 0.6 is 11.6 Å². The number of hydrogen-bond acceptors (Lipinski definition) is 3. The van der Waals surface area contributed by atoms with E-state index in [9.17, 15) is 9.59 Å². The van der Waals surface area contributed by atoms with Crippen LogP contribution < -0.4 is 10.6 Å². The van der Waals surface area contributed by atoms with Crippen LogP contribution in [0.1, 0.15) is 18.4 Å². The van der Waals surface area contributed by atoms with Crippen molar-refractivity contribution in [2.75, 3.05) is 11.9 Å². The summed E-state index contributed by atoms with van der Waals surface area (Å²) < 4.78 is 0. The fourth-order valence-electron chi connectivity index (χ4n) is 2.63. The lowest BCUT2D eigenvalue weighted by molar-refractivity contribution is -0.128. The molecule has 0 aliphatic heterocycles. The predicted molar refractivity (Wildman–Crippen MR) is 92.7 cm³/mol. The maximum absolute atomic E-state index is 12.5.